The molecule has 0 heterocycles. The lowest BCUT2D eigenvalue weighted by Gasteiger charge is -2.19. The van der Waals surface area contributed by atoms with Crippen molar-refractivity contribution in [3.05, 3.63) is 58.7 Å². The molecule has 178 valence electrons. The molecule has 0 spiro atoms. The number of hydrogen-bond donors (Lipinski definition) is 2. The van der Waals surface area contributed by atoms with Crippen molar-refractivity contribution in [1.29, 1.82) is 5.41 Å². The fourth-order valence-electron chi connectivity index (χ4n) is 4.14. The minimum Gasteiger partial charge on any atom is -0.489 e. The van der Waals surface area contributed by atoms with Crippen LogP contribution in [0.25, 0.3) is 0 Å². The SMILES string of the molecule is CCOC(=O)CCNc1ccc(OCc2ccc(C3CCCC3)c(C(F)(F)F)c2)cc1C=N. The molecule has 0 bridgehead atoms. The average Bonchev–Trinajstić information content (AvgIpc) is 3.32. The van der Waals surface area contributed by atoms with Crippen LogP contribution in [0.15, 0.2) is 36.4 Å². The molecule has 33 heavy (non-hydrogen) atoms. The van der Waals surface area contributed by atoms with E-state index in [-0.39, 0.29) is 24.9 Å². The molecule has 0 saturated heterocycles. The number of halogens is 3. The van der Waals surface area contributed by atoms with E-state index < -0.39 is 11.7 Å². The molecule has 0 aromatic heterocycles. The zero-order chi connectivity index (χ0) is 23.8. The molecule has 1 aliphatic carbocycles. The zero-order valence-corrected chi connectivity index (χ0v) is 18.6. The summed E-state index contributed by atoms with van der Waals surface area (Å²) in [6.45, 7) is 2.41. The minimum absolute atomic E-state index is 0.0128. The number of hydrogen-bond acceptors (Lipinski definition) is 5. The molecule has 3 rings (SSSR count). The van der Waals surface area contributed by atoms with Crippen LogP contribution >= 0.6 is 0 Å². The van der Waals surface area contributed by atoms with E-state index in [1.54, 1.807) is 37.3 Å². The van der Waals surface area contributed by atoms with Crippen LogP contribution in [0.1, 0.15) is 67.2 Å². The standard InChI is InChI=1S/C25H29F3N2O3/c1-2-32-24(31)11-12-30-23-10-8-20(14-19(23)15-29)33-16-17-7-9-21(18-5-3-4-6-18)22(13-17)25(26,27)28/h7-10,13-15,18,29-30H,2-6,11-12,16H2,1H3. The maximum absolute atomic E-state index is 13.7. The number of nitrogens with one attached hydrogen (secondary N) is 2. The lowest BCUT2D eigenvalue weighted by atomic mass is 9.91. The summed E-state index contributed by atoms with van der Waals surface area (Å²) in [6.07, 6.45) is 0.473. The number of carbonyl (C=O) groups is 1. The van der Waals surface area contributed by atoms with Gasteiger partial charge >= 0.3 is 12.1 Å². The van der Waals surface area contributed by atoms with E-state index in [0.717, 1.165) is 31.9 Å². The predicted molar refractivity (Wildman–Crippen MR) is 121 cm³/mol. The van der Waals surface area contributed by atoms with E-state index in [4.69, 9.17) is 14.9 Å². The summed E-state index contributed by atoms with van der Waals surface area (Å²) in [5.74, 6) is 0.104. The van der Waals surface area contributed by atoms with Gasteiger partial charge in [0.1, 0.15) is 12.4 Å². The molecular formula is C25H29F3N2O3. The Bertz CT molecular complexity index is 970. The predicted octanol–water partition coefficient (Wildman–Crippen LogP) is 6.30. The first-order valence-electron chi connectivity index (χ1n) is 11.2. The molecule has 0 aliphatic heterocycles. The van der Waals surface area contributed by atoms with Crippen molar-refractivity contribution in [3.8, 4) is 5.75 Å². The van der Waals surface area contributed by atoms with Gasteiger partial charge in [0.15, 0.2) is 0 Å². The summed E-state index contributed by atoms with van der Waals surface area (Å²) in [5.41, 5.74) is 1.45. The number of anilines is 1. The Hall–Kier alpha value is -3.03. The normalized spacial score (nSPS) is 14.2. The quantitative estimate of drug-likeness (QED) is 0.321. The van der Waals surface area contributed by atoms with Crippen molar-refractivity contribution in [2.75, 3.05) is 18.5 Å². The molecule has 0 amide bonds. The smallest absolute Gasteiger partial charge is 0.416 e. The third kappa shape index (κ3) is 6.73. The van der Waals surface area contributed by atoms with Crippen molar-refractivity contribution in [3.63, 3.8) is 0 Å². The third-order valence-corrected chi connectivity index (χ3v) is 5.75. The average molecular weight is 463 g/mol. The Morgan fingerprint density at radius 3 is 2.61 bits per heavy atom. The van der Waals surface area contributed by atoms with Crippen molar-refractivity contribution in [1.82, 2.24) is 0 Å². The Morgan fingerprint density at radius 1 is 1.18 bits per heavy atom. The Balaban J connectivity index is 1.66. The molecule has 5 nitrogen and oxygen atoms in total. The zero-order valence-electron chi connectivity index (χ0n) is 18.6. The summed E-state index contributed by atoms with van der Waals surface area (Å²) in [6, 6.07) is 9.51. The first-order valence-corrected chi connectivity index (χ1v) is 11.2. The van der Waals surface area contributed by atoms with E-state index >= 15 is 0 Å². The number of alkyl halides is 3. The summed E-state index contributed by atoms with van der Waals surface area (Å²) in [5, 5.41) is 10.7. The molecule has 1 fully saturated rings. The molecule has 1 aliphatic rings. The second-order valence-electron chi connectivity index (χ2n) is 8.06. The first-order chi connectivity index (χ1) is 15.8. The lowest BCUT2D eigenvalue weighted by Crippen LogP contribution is -2.12. The van der Waals surface area contributed by atoms with Gasteiger partial charge in [-0.1, -0.05) is 25.0 Å². The largest absolute Gasteiger partial charge is 0.489 e. The van der Waals surface area contributed by atoms with Crippen molar-refractivity contribution in [2.24, 2.45) is 0 Å². The van der Waals surface area contributed by atoms with Crippen molar-refractivity contribution >= 4 is 17.9 Å². The summed E-state index contributed by atoms with van der Waals surface area (Å²) in [7, 11) is 0. The van der Waals surface area contributed by atoms with Crippen LogP contribution in [0.5, 0.6) is 5.75 Å². The summed E-state index contributed by atoms with van der Waals surface area (Å²) in [4.78, 5) is 11.4. The highest BCUT2D eigenvalue weighted by Crippen LogP contribution is 2.42. The van der Waals surface area contributed by atoms with E-state index in [9.17, 15) is 18.0 Å². The van der Waals surface area contributed by atoms with Gasteiger partial charge in [-0.2, -0.15) is 13.2 Å². The van der Waals surface area contributed by atoms with Crippen LogP contribution in [-0.2, 0) is 22.3 Å². The second kappa shape index (κ2) is 11.2. The molecule has 0 radical (unpaired) electrons. The third-order valence-electron chi connectivity index (χ3n) is 5.75. The topological polar surface area (TPSA) is 71.4 Å². The number of benzene rings is 2. The highest BCUT2D eigenvalue weighted by Gasteiger charge is 2.36. The molecular weight excluding hydrogens is 433 g/mol. The first kappa shape index (κ1) is 24.6. The highest BCUT2D eigenvalue weighted by molar-refractivity contribution is 5.86. The van der Waals surface area contributed by atoms with Crippen LogP contribution in [0.2, 0.25) is 0 Å². The molecule has 0 unspecified atom stereocenters. The van der Waals surface area contributed by atoms with Gasteiger partial charge in [0.25, 0.3) is 0 Å². The summed E-state index contributed by atoms with van der Waals surface area (Å²) >= 11 is 0. The van der Waals surface area contributed by atoms with E-state index in [1.807, 2.05) is 0 Å². The molecule has 8 heteroatoms. The Kier molecular flexibility index (Phi) is 8.36. The maximum Gasteiger partial charge on any atom is 0.416 e. The molecule has 2 aromatic rings. The van der Waals surface area contributed by atoms with Crippen molar-refractivity contribution in [2.45, 2.75) is 57.7 Å². The molecule has 1 saturated carbocycles. The van der Waals surface area contributed by atoms with Gasteiger partial charge in [-0.05, 0) is 61.1 Å². The van der Waals surface area contributed by atoms with Crippen LogP contribution in [0.3, 0.4) is 0 Å². The van der Waals surface area contributed by atoms with Gasteiger partial charge in [-0.15, -0.1) is 0 Å². The summed E-state index contributed by atoms with van der Waals surface area (Å²) < 4.78 is 51.6. The Morgan fingerprint density at radius 2 is 1.94 bits per heavy atom. The van der Waals surface area contributed by atoms with Gasteiger partial charge in [0.05, 0.1) is 18.6 Å². The van der Waals surface area contributed by atoms with Gasteiger partial charge in [0, 0.05) is 24.0 Å². The highest BCUT2D eigenvalue weighted by atomic mass is 19.4. The molecule has 2 aromatic carbocycles. The van der Waals surface area contributed by atoms with Gasteiger partial charge in [0.2, 0.25) is 0 Å². The van der Waals surface area contributed by atoms with E-state index in [1.165, 1.54) is 6.07 Å². The molecule has 0 atom stereocenters. The van der Waals surface area contributed by atoms with Gasteiger partial charge in [-0.25, -0.2) is 0 Å². The minimum atomic E-state index is -4.40. The van der Waals surface area contributed by atoms with Crippen LogP contribution in [0, 0.1) is 5.41 Å². The van der Waals surface area contributed by atoms with Crippen LogP contribution in [-0.4, -0.2) is 25.3 Å². The number of carbonyl (C=O) groups excluding carboxylic acids is 1. The number of ether oxygens (including phenoxy) is 2. The Labute approximate surface area is 191 Å². The van der Waals surface area contributed by atoms with E-state index in [2.05, 4.69) is 5.32 Å². The molecule has 2 N–H and O–H groups in total. The van der Waals surface area contributed by atoms with Crippen molar-refractivity contribution < 1.29 is 27.4 Å². The van der Waals surface area contributed by atoms with Gasteiger partial charge in [-0.3, -0.25) is 4.79 Å². The van der Waals surface area contributed by atoms with Crippen LogP contribution < -0.4 is 10.1 Å². The number of rotatable bonds is 10. The maximum atomic E-state index is 13.7. The van der Waals surface area contributed by atoms with Gasteiger partial charge < -0.3 is 20.2 Å². The second-order valence-corrected chi connectivity index (χ2v) is 8.06. The number of esters is 1. The lowest BCUT2D eigenvalue weighted by molar-refractivity contribution is -0.142. The van der Waals surface area contributed by atoms with Crippen LogP contribution in [0.4, 0.5) is 18.9 Å². The monoisotopic (exact) mass is 462 g/mol. The fourth-order valence-corrected chi connectivity index (χ4v) is 4.14. The van der Waals surface area contributed by atoms with E-state index in [0.29, 0.717) is 41.3 Å². The fraction of sp³-hybridized carbons (Fsp3) is 0.440.